The summed E-state index contributed by atoms with van der Waals surface area (Å²) < 4.78 is 5.11. The van der Waals surface area contributed by atoms with Crippen LogP contribution in [0.1, 0.15) is 45.7 Å². The number of hydrogen-bond donors (Lipinski definition) is 2. The predicted octanol–water partition coefficient (Wildman–Crippen LogP) is 3.22. The SMILES string of the molecule is Cc1ccc(C(=O)N2CCCCC2CN)cc1NC(=O)c1ccco1.Cl. The number of hydrogen-bond acceptors (Lipinski definition) is 4. The van der Waals surface area contributed by atoms with Gasteiger partial charge in [0, 0.05) is 30.4 Å². The fourth-order valence-electron chi connectivity index (χ4n) is 3.16. The van der Waals surface area contributed by atoms with Crippen LogP contribution in [-0.4, -0.2) is 35.8 Å². The molecule has 2 aromatic rings. The number of amides is 2. The Morgan fingerprint density at radius 1 is 1.31 bits per heavy atom. The van der Waals surface area contributed by atoms with Gasteiger partial charge in [0.05, 0.1) is 6.26 Å². The number of aryl methyl sites for hydroxylation is 1. The minimum atomic E-state index is -0.337. The molecule has 1 aliphatic rings. The molecular weight excluding hydrogens is 354 g/mol. The van der Waals surface area contributed by atoms with Crippen molar-refractivity contribution in [3.05, 3.63) is 53.5 Å². The molecule has 1 aromatic heterocycles. The summed E-state index contributed by atoms with van der Waals surface area (Å²) in [5.74, 6) is -0.144. The summed E-state index contributed by atoms with van der Waals surface area (Å²) >= 11 is 0. The van der Waals surface area contributed by atoms with Crippen molar-refractivity contribution in [1.29, 1.82) is 0 Å². The second-order valence-electron chi connectivity index (χ2n) is 6.34. The monoisotopic (exact) mass is 377 g/mol. The van der Waals surface area contributed by atoms with Crippen molar-refractivity contribution in [3.63, 3.8) is 0 Å². The van der Waals surface area contributed by atoms with Gasteiger partial charge in [0.1, 0.15) is 0 Å². The molecule has 0 radical (unpaired) electrons. The first-order valence-electron chi connectivity index (χ1n) is 8.56. The van der Waals surface area contributed by atoms with Crippen molar-refractivity contribution in [2.24, 2.45) is 5.73 Å². The van der Waals surface area contributed by atoms with Crippen LogP contribution in [-0.2, 0) is 0 Å². The molecule has 3 rings (SSSR count). The van der Waals surface area contributed by atoms with Crippen LogP contribution in [0.25, 0.3) is 0 Å². The number of nitrogens with two attached hydrogens (primary N) is 1. The first kappa shape index (κ1) is 20.0. The minimum Gasteiger partial charge on any atom is -0.459 e. The molecule has 0 spiro atoms. The molecule has 3 N–H and O–H groups in total. The van der Waals surface area contributed by atoms with Gasteiger partial charge >= 0.3 is 0 Å². The molecule has 0 aliphatic carbocycles. The Bertz CT molecular complexity index is 761. The lowest BCUT2D eigenvalue weighted by atomic mass is 10.00. The molecule has 1 fully saturated rings. The topological polar surface area (TPSA) is 88.6 Å². The van der Waals surface area contributed by atoms with E-state index in [1.807, 2.05) is 17.9 Å². The van der Waals surface area contributed by atoms with Gasteiger partial charge in [-0.05, 0) is 56.0 Å². The van der Waals surface area contributed by atoms with Gasteiger partial charge in [-0.25, -0.2) is 0 Å². The fraction of sp³-hybridized carbons (Fsp3) is 0.368. The maximum Gasteiger partial charge on any atom is 0.291 e. The van der Waals surface area contributed by atoms with E-state index in [1.165, 1.54) is 6.26 Å². The molecule has 1 unspecified atom stereocenters. The first-order chi connectivity index (χ1) is 12.1. The fourth-order valence-corrected chi connectivity index (χ4v) is 3.16. The van der Waals surface area contributed by atoms with Gasteiger partial charge in [0.25, 0.3) is 11.8 Å². The Labute approximate surface area is 159 Å². The van der Waals surface area contributed by atoms with Gasteiger partial charge in [-0.1, -0.05) is 6.07 Å². The number of anilines is 1. The van der Waals surface area contributed by atoms with Crippen molar-refractivity contribution in [3.8, 4) is 0 Å². The smallest absolute Gasteiger partial charge is 0.291 e. The van der Waals surface area contributed by atoms with E-state index in [2.05, 4.69) is 5.32 Å². The van der Waals surface area contributed by atoms with Gasteiger partial charge in [0.2, 0.25) is 0 Å². The summed E-state index contributed by atoms with van der Waals surface area (Å²) in [7, 11) is 0. The van der Waals surface area contributed by atoms with Crippen LogP contribution in [0.3, 0.4) is 0 Å². The van der Waals surface area contributed by atoms with E-state index in [9.17, 15) is 9.59 Å². The lowest BCUT2D eigenvalue weighted by molar-refractivity contribution is 0.0623. The summed E-state index contributed by atoms with van der Waals surface area (Å²) in [5.41, 5.74) is 7.86. The van der Waals surface area contributed by atoms with E-state index >= 15 is 0 Å². The average molecular weight is 378 g/mol. The molecule has 1 aliphatic heterocycles. The molecule has 6 nitrogen and oxygen atoms in total. The van der Waals surface area contributed by atoms with Gasteiger partial charge < -0.3 is 20.4 Å². The van der Waals surface area contributed by atoms with Crippen molar-refractivity contribution >= 4 is 29.9 Å². The first-order valence-corrected chi connectivity index (χ1v) is 8.56. The van der Waals surface area contributed by atoms with E-state index in [0.717, 1.165) is 31.4 Å². The van der Waals surface area contributed by atoms with Crippen LogP contribution in [0.5, 0.6) is 0 Å². The highest BCUT2D eigenvalue weighted by Crippen LogP contribution is 2.23. The molecule has 2 amide bonds. The molecule has 1 saturated heterocycles. The van der Waals surface area contributed by atoms with Gasteiger partial charge in [-0.3, -0.25) is 9.59 Å². The number of nitrogens with one attached hydrogen (secondary N) is 1. The number of nitrogens with zero attached hydrogens (tertiary/aromatic N) is 1. The highest BCUT2D eigenvalue weighted by atomic mass is 35.5. The standard InChI is InChI=1S/C19H23N3O3.ClH/c1-13-7-8-14(19(24)22-9-3-2-5-15(22)12-20)11-16(13)21-18(23)17-6-4-10-25-17;/h4,6-8,10-11,15H,2-3,5,9,12,20H2,1H3,(H,21,23);1H. The van der Waals surface area contributed by atoms with Crippen LogP contribution in [0, 0.1) is 6.92 Å². The summed E-state index contributed by atoms with van der Waals surface area (Å²) in [6.07, 6.45) is 4.49. The van der Waals surface area contributed by atoms with E-state index in [4.69, 9.17) is 10.2 Å². The Morgan fingerprint density at radius 2 is 2.12 bits per heavy atom. The highest BCUT2D eigenvalue weighted by Gasteiger charge is 2.26. The summed E-state index contributed by atoms with van der Waals surface area (Å²) in [5, 5.41) is 2.81. The number of piperidine rings is 1. The Morgan fingerprint density at radius 3 is 2.81 bits per heavy atom. The van der Waals surface area contributed by atoms with Crippen LogP contribution < -0.4 is 11.1 Å². The number of rotatable bonds is 4. The van der Waals surface area contributed by atoms with Crippen molar-refractivity contribution in [1.82, 2.24) is 4.90 Å². The largest absolute Gasteiger partial charge is 0.459 e. The maximum absolute atomic E-state index is 12.9. The van der Waals surface area contributed by atoms with E-state index in [1.54, 1.807) is 24.3 Å². The zero-order valence-corrected chi connectivity index (χ0v) is 15.6. The number of halogens is 1. The van der Waals surface area contributed by atoms with E-state index in [-0.39, 0.29) is 36.0 Å². The molecule has 0 bridgehead atoms. The summed E-state index contributed by atoms with van der Waals surface area (Å²) in [4.78, 5) is 26.9. The molecule has 2 heterocycles. The molecule has 140 valence electrons. The zero-order valence-electron chi connectivity index (χ0n) is 14.7. The van der Waals surface area contributed by atoms with Gasteiger partial charge in [-0.2, -0.15) is 0 Å². The number of carbonyl (C=O) groups is 2. The van der Waals surface area contributed by atoms with Crippen LogP contribution in [0.2, 0.25) is 0 Å². The van der Waals surface area contributed by atoms with Crippen LogP contribution in [0.4, 0.5) is 5.69 Å². The molecule has 1 aromatic carbocycles. The lowest BCUT2D eigenvalue weighted by Crippen LogP contribution is -2.47. The molecule has 1 atom stereocenters. The van der Waals surface area contributed by atoms with Gasteiger partial charge in [0.15, 0.2) is 5.76 Å². The summed E-state index contributed by atoms with van der Waals surface area (Å²) in [6, 6.07) is 8.70. The Hall–Kier alpha value is -2.31. The summed E-state index contributed by atoms with van der Waals surface area (Å²) in [6.45, 7) is 3.08. The molecular formula is C19H24ClN3O3. The third-order valence-corrected chi connectivity index (χ3v) is 4.64. The van der Waals surface area contributed by atoms with Gasteiger partial charge in [-0.15, -0.1) is 12.4 Å². The molecule has 26 heavy (non-hydrogen) atoms. The van der Waals surface area contributed by atoms with E-state index < -0.39 is 0 Å². The highest BCUT2D eigenvalue weighted by molar-refractivity contribution is 6.04. The Kier molecular flexibility index (Phi) is 6.83. The molecule has 7 heteroatoms. The second-order valence-corrected chi connectivity index (χ2v) is 6.34. The lowest BCUT2D eigenvalue weighted by Gasteiger charge is -2.35. The van der Waals surface area contributed by atoms with Crippen LogP contribution in [0.15, 0.2) is 41.0 Å². The second kappa shape index (κ2) is 8.87. The number of benzene rings is 1. The Balaban J connectivity index is 0.00000243. The van der Waals surface area contributed by atoms with Crippen molar-refractivity contribution in [2.45, 2.75) is 32.2 Å². The third kappa shape index (κ3) is 4.26. The third-order valence-electron chi connectivity index (χ3n) is 4.64. The normalized spacial score (nSPS) is 16.7. The zero-order chi connectivity index (χ0) is 17.8. The quantitative estimate of drug-likeness (QED) is 0.856. The number of likely N-dealkylation sites (tertiary alicyclic amines) is 1. The number of furan rings is 1. The molecule has 0 saturated carbocycles. The van der Waals surface area contributed by atoms with Crippen molar-refractivity contribution in [2.75, 3.05) is 18.4 Å². The van der Waals surface area contributed by atoms with Crippen LogP contribution >= 0.6 is 12.4 Å². The average Bonchev–Trinajstić information content (AvgIpc) is 3.17. The van der Waals surface area contributed by atoms with Crippen molar-refractivity contribution < 1.29 is 14.0 Å². The predicted molar refractivity (Wildman–Crippen MR) is 103 cm³/mol. The minimum absolute atomic E-state index is 0. The maximum atomic E-state index is 12.9. The number of carbonyl (C=O) groups excluding carboxylic acids is 2. The van der Waals surface area contributed by atoms with E-state index in [0.29, 0.717) is 17.8 Å².